The Morgan fingerprint density at radius 3 is 2.52 bits per heavy atom. The van der Waals surface area contributed by atoms with Crippen molar-refractivity contribution in [2.75, 3.05) is 11.3 Å². The monoisotopic (exact) mass is 353 g/mol. The van der Waals surface area contributed by atoms with Gasteiger partial charge in [-0.25, -0.2) is 8.42 Å². The lowest BCUT2D eigenvalue weighted by molar-refractivity contribution is 0.340. The third kappa shape index (κ3) is 3.98. The maximum atomic E-state index is 12.6. The molecule has 0 aliphatic heterocycles. The molecule has 0 aromatic heterocycles. The predicted molar refractivity (Wildman–Crippen MR) is 94.0 cm³/mol. The van der Waals surface area contributed by atoms with Gasteiger partial charge in [-0.3, -0.25) is 4.72 Å². The second kappa shape index (κ2) is 7.23. The average Bonchev–Trinajstić information content (AvgIpc) is 2.51. The molecule has 23 heavy (non-hydrogen) atoms. The minimum atomic E-state index is -3.71. The Bertz CT molecular complexity index is 803. The zero-order valence-electron chi connectivity index (χ0n) is 13.4. The highest BCUT2D eigenvalue weighted by atomic mass is 35.5. The van der Waals surface area contributed by atoms with Crippen LogP contribution in [0.25, 0.3) is 0 Å². The standard InChI is InChI=1S/C17H20ClNO3S/c1-4-13-8-6-7-12(3)17(13)19-23(20,21)14-9-10-16(22-5-2)15(18)11-14/h6-11,19H,4-5H2,1-3H3. The molecule has 6 heteroatoms. The summed E-state index contributed by atoms with van der Waals surface area (Å²) in [6, 6.07) is 10.2. The quantitative estimate of drug-likeness (QED) is 0.836. The van der Waals surface area contributed by atoms with Crippen LogP contribution >= 0.6 is 11.6 Å². The van der Waals surface area contributed by atoms with Gasteiger partial charge in [-0.1, -0.05) is 36.7 Å². The van der Waals surface area contributed by atoms with Gasteiger partial charge in [0.05, 0.1) is 22.2 Å². The van der Waals surface area contributed by atoms with Crippen molar-refractivity contribution in [2.24, 2.45) is 0 Å². The Hall–Kier alpha value is -1.72. The first-order valence-corrected chi connectivity index (χ1v) is 9.28. The molecule has 1 N–H and O–H groups in total. The van der Waals surface area contributed by atoms with E-state index in [4.69, 9.17) is 16.3 Å². The number of aryl methyl sites for hydroxylation is 2. The molecule has 0 aliphatic carbocycles. The first kappa shape index (κ1) is 17.6. The molecule has 4 nitrogen and oxygen atoms in total. The minimum Gasteiger partial charge on any atom is -0.492 e. The first-order valence-electron chi connectivity index (χ1n) is 7.42. The van der Waals surface area contributed by atoms with Crippen molar-refractivity contribution >= 4 is 27.3 Å². The summed E-state index contributed by atoms with van der Waals surface area (Å²) < 4.78 is 33.3. The van der Waals surface area contributed by atoms with E-state index in [1.165, 1.54) is 12.1 Å². The highest BCUT2D eigenvalue weighted by Crippen LogP contribution is 2.29. The third-order valence-corrected chi connectivity index (χ3v) is 5.13. The van der Waals surface area contributed by atoms with Crippen molar-refractivity contribution in [3.63, 3.8) is 0 Å². The van der Waals surface area contributed by atoms with Gasteiger partial charge in [0, 0.05) is 0 Å². The normalized spacial score (nSPS) is 11.3. The number of halogens is 1. The number of para-hydroxylation sites is 1. The molecule has 2 aromatic carbocycles. The molecule has 0 radical (unpaired) electrons. The van der Waals surface area contributed by atoms with E-state index in [0.717, 1.165) is 17.5 Å². The molecule has 0 spiro atoms. The Labute approximate surface area is 142 Å². The minimum absolute atomic E-state index is 0.108. The molecule has 0 fully saturated rings. The number of nitrogens with one attached hydrogen (secondary N) is 1. The summed E-state index contributed by atoms with van der Waals surface area (Å²) in [5.41, 5.74) is 2.45. The van der Waals surface area contributed by atoms with E-state index in [9.17, 15) is 8.42 Å². The fraction of sp³-hybridized carbons (Fsp3) is 0.294. The second-order valence-corrected chi connectivity index (χ2v) is 7.18. The van der Waals surface area contributed by atoms with Crippen molar-refractivity contribution in [1.29, 1.82) is 0 Å². The zero-order valence-corrected chi connectivity index (χ0v) is 15.0. The number of rotatable bonds is 6. The molecular formula is C17H20ClNO3S. The summed E-state index contributed by atoms with van der Waals surface area (Å²) in [6.45, 7) is 6.17. The van der Waals surface area contributed by atoms with Gasteiger partial charge in [0.2, 0.25) is 0 Å². The van der Waals surface area contributed by atoms with Crippen LogP contribution in [-0.2, 0) is 16.4 Å². The van der Waals surface area contributed by atoms with Crippen molar-refractivity contribution in [1.82, 2.24) is 0 Å². The van der Waals surface area contributed by atoms with E-state index >= 15 is 0 Å². The van der Waals surface area contributed by atoms with E-state index in [1.54, 1.807) is 6.07 Å². The van der Waals surface area contributed by atoms with Gasteiger partial charge in [0.25, 0.3) is 10.0 Å². The van der Waals surface area contributed by atoms with Crippen molar-refractivity contribution in [3.8, 4) is 5.75 Å². The van der Waals surface area contributed by atoms with E-state index in [1.807, 2.05) is 39.0 Å². The molecule has 2 aromatic rings. The van der Waals surface area contributed by atoms with Crippen LogP contribution in [0.15, 0.2) is 41.3 Å². The maximum absolute atomic E-state index is 12.6. The first-order chi connectivity index (χ1) is 10.9. The molecule has 0 saturated carbocycles. The summed E-state index contributed by atoms with van der Waals surface area (Å²) in [5, 5.41) is 0.273. The highest BCUT2D eigenvalue weighted by molar-refractivity contribution is 7.92. The fourth-order valence-corrected chi connectivity index (χ4v) is 3.78. The summed E-state index contributed by atoms with van der Waals surface area (Å²) >= 11 is 6.09. The van der Waals surface area contributed by atoms with Gasteiger partial charge in [0.15, 0.2) is 0 Å². The molecule has 0 aliphatic rings. The topological polar surface area (TPSA) is 55.4 Å². The molecule has 124 valence electrons. The second-order valence-electron chi connectivity index (χ2n) is 5.09. The third-order valence-electron chi connectivity index (χ3n) is 3.49. The van der Waals surface area contributed by atoms with Crippen LogP contribution in [0.5, 0.6) is 5.75 Å². The molecule has 0 heterocycles. The Kier molecular flexibility index (Phi) is 5.55. The summed E-state index contributed by atoms with van der Waals surface area (Å²) in [5.74, 6) is 0.471. The fourth-order valence-electron chi connectivity index (χ4n) is 2.28. The average molecular weight is 354 g/mol. The lowest BCUT2D eigenvalue weighted by Gasteiger charge is -2.15. The van der Waals surface area contributed by atoms with Gasteiger partial charge in [-0.2, -0.15) is 0 Å². The van der Waals surface area contributed by atoms with Crippen LogP contribution in [-0.4, -0.2) is 15.0 Å². The maximum Gasteiger partial charge on any atom is 0.261 e. The number of benzene rings is 2. The van der Waals surface area contributed by atoms with Crippen LogP contribution in [0.1, 0.15) is 25.0 Å². The molecule has 0 amide bonds. The molecule has 2 rings (SSSR count). The van der Waals surface area contributed by atoms with Crippen molar-refractivity contribution in [2.45, 2.75) is 32.1 Å². The lowest BCUT2D eigenvalue weighted by Crippen LogP contribution is -2.15. The van der Waals surface area contributed by atoms with E-state index in [0.29, 0.717) is 18.0 Å². The van der Waals surface area contributed by atoms with Gasteiger partial charge in [-0.05, 0) is 49.6 Å². The summed E-state index contributed by atoms with van der Waals surface area (Å²) in [4.78, 5) is 0.108. The largest absolute Gasteiger partial charge is 0.492 e. The SMILES string of the molecule is CCOc1ccc(S(=O)(=O)Nc2c(C)cccc2CC)cc1Cl. The van der Waals surface area contributed by atoms with E-state index in [2.05, 4.69) is 4.72 Å². The number of ether oxygens (including phenoxy) is 1. The van der Waals surface area contributed by atoms with Gasteiger partial charge >= 0.3 is 0 Å². The Morgan fingerprint density at radius 1 is 1.17 bits per heavy atom. The van der Waals surface area contributed by atoms with E-state index in [-0.39, 0.29) is 9.92 Å². The lowest BCUT2D eigenvalue weighted by atomic mass is 10.1. The summed E-state index contributed by atoms with van der Waals surface area (Å²) in [6.07, 6.45) is 0.740. The zero-order chi connectivity index (χ0) is 17.0. The van der Waals surface area contributed by atoms with Crippen LogP contribution in [0.2, 0.25) is 5.02 Å². The number of hydrogen-bond acceptors (Lipinski definition) is 3. The number of hydrogen-bond donors (Lipinski definition) is 1. The van der Waals surface area contributed by atoms with Crippen LogP contribution < -0.4 is 9.46 Å². The predicted octanol–water partition coefficient (Wildman–Crippen LogP) is 4.41. The highest BCUT2D eigenvalue weighted by Gasteiger charge is 2.18. The van der Waals surface area contributed by atoms with E-state index < -0.39 is 10.0 Å². The van der Waals surface area contributed by atoms with Gasteiger partial charge in [-0.15, -0.1) is 0 Å². The van der Waals surface area contributed by atoms with Gasteiger partial charge < -0.3 is 4.74 Å². The summed E-state index contributed by atoms with van der Waals surface area (Å²) in [7, 11) is -3.71. The molecule has 0 bridgehead atoms. The molecule has 0 unspecified atom stereocenters. The van der Waals surface area contributed by atoms with Crippen LogP contribution in [0.3, 0.4) is 0 Å². The Balaban J connectivity index is 2.38. The number of anilines is 1. The van der Waals surface area contributed by atoms with Gasteiger partial charge in [0.1, 0.15) is 5.75 Å². The molecular weight excluding hydrogens is 334 g/mol. The van der Waals surface area contributed by atoms with Crippen LogP contribution in [0.4, 0.5) is 5.69 Å². The molecule has 0 atom stereocenters. The Morgan fingerprint density at radius 2 is 1.91 bits per heavy atom. The number of sulfonamides is 1. The van der Waals surface area contributed by atoms with Crippen molar-refractivity contribution in [3.05, 3.63) is 52.5 Å². The van der Waals surface area contributed by atoms with Crippen LogP contribution in [0, 0.1) is 6.92 Å². The molecule has 0 saturated heterocycles. The van der Waals surface area contributed by atoms with Crippen molar-refractivity contribution < 1.29 is 13.2 Å². The smallest absolute Gasteiger partial charge is 0.261 e.